The number of piperidine rings is 1. The van der Waals surface area contributed by atoms with Crippen molar-refractivity contribution in [3.05, 3.63) is 41.1 Å². The smallest absolute Gasteiger partial charge is 0.338 e. The number of urea groups is 1. The molecule has 0 aliphatic carbocycles. The number of rotatable bonds is 9. The molecule has 1 fully saturated rings. The minimum Gasteiger partial charge on any atom is -0.497 e. The number of nitrogens with zero attached hydrogens (tertiary/aromatic N) is 1. The summed E-state index contributed by atoms with van der Waals surface area (Å²) in [4.78, 5) is 40.3. The first-order chi connectivity index (χ1) is 16.7. The summed E-state index contributed by atoms with van der Waals surface area (Å²) in [6.45, 7) is 9.99. The Morgan fingerprint density at radius 3 is 2.37 bits per heavy atom. The fourth-order valence-corrected chi connectivity index (χ4v) is 4.32. The summed E-state index contributed by atoms with van der Waals surface area (Å²) >= 11 is 0. The number of amides is 3. The van der Waals surface area contributed by atoms with Crippen LogP contribution in [0, 0.1) is 11.8 Å². The molecular weight excluding hydrogens is 448 g/mol. The van der Waals surface area contributed by atoms with Crippen molar-refractivity contribution in [3.8, 4) is 5.75 Å². The highest BCUT2D eigenvalue weighted by Crippen LogP contribution is 2.30. The maximum Gasteiger partial charge on any atom is 0.338 e. The van der Waals surface area contributed by atoms with Gasteiger partial charge in [0.05, 0.1) is 25.3 Å². The molecule has 2 heterocycles. The maximum absolute atomic E-state index is 13.0. The van der Waals surface area contributed by atoms with E-state index in [-0.39, 0.29) is 30.5 Å². The normalized spacial score (nSPS) is 20.2. The fraction of sp³-hybridized carbons (Fsp3) is 0.577. The van der Waals surface area contributed by atoms with Gasteiger partial charge in [-0.15, -0.1) is 0 Å². The Labute approximate surface area is 207 Å². The summed E-state index contributed by atoms with van der Waals surface area (Å²) in [5.41, 5.74) is 1.68. The van der Waals surface area contributed by atoms with Crippen LogP contribution in [-0.4, -0.2) is 62.2 Å². The minimum absolute atomic E-state index is 0.0272. The van der Waals surface area contributed by atoms with Crippen molar-refractivity contribution >= 4 is 17.9 Å². The topological polar surface area (TPSA) is 109 Å². The second kappa shape index (κ2) is 12.1. The lowest BCUT2D eigenvalue weighted by Gasteiger charge is -2.35. The van der Waals surface area contributed by atoms with Gasteiger partial charge in [0.15, 0.2) is 0 Å². The highest BCUT2D eigenvalue weighted by atomic mass is 16.5. The number of carbonyl (C=O) groups excluding carboxylic acids is 3. The van der Waals surface area contributed by atoms with Crippen LogP contribution in [0.3, 0.4) is 0 Å². The molecule has 0 saturated carbocycles. The third-order valence-electron chi connectivity index (χ3n) is 6.81. The van der Waals surface area contributed by atoms with Crippen LogP contribution in [-0.2, 0) is 14.3 Å². The van der Waals surface area contributed by atoms with Crippen LogP contribution in [0.4, 0.5) is 4.79 Å². The quantitative estimate of drug-likeness (QED) is 0.463. The zero-order chi connectivity index (χ0) is 25.5. The highest BCUT2D eigenvalue weighted by molar-refractivity contribution is 5.95. The average Bonchev–Trinajstić information content (AvgIpc) is 2.84. The van der Waals surface area contributed by atoms with Crippen LogP contribution in [0.2, 0.25) is 0 Å². The van der Waals surface area contributed by atoms with Crippen molar-refractivity contribution < 1.29 is 23.9 Å². The Kier molecular flexibility index (Phi) is 9.14. The molecule has 3 rings (SSSR count). The van der Waals surface area contributed by atoms with Crippen LogP contribution in [0.1, 0.15) is 52.1 Å². The molecule has 2 atom stereocenters. The van der Waals surface area contributed by atoms with E-state index in [4.69, 9.17) is 9.47 Å². The van der Waals surface area contributed by atoms with Crippen molar-refractivity contribution in [1.82, 2.24) is 20.9 Å². The molecule has 0 spiro atoms. The SMILES string of the molecule is CCOC(=O)C1=C(CN2CCC(C(=O)NC(C)C(C)C)CC2)NC(=O)NC1c1ccc(OC)cc1. The van der Waals surface area contributed by atoms with Gasteiger partial charge in [0.2, 0.25) is 5.91 Å². The number of hydrogen-bond donors (Lipinski definition) is 3. The molecule has 35 heavy (non-hydrogen) atoms. The minimum atomic E-state index is -0.635. The van der Waals surface area contributed by atoms with Gasteiger partial charge in [0.25, 0.3) is 0 Å². The number of hydrogen-bond acceptors (Lipinski definition) is 6. The molecule has 0 aromatic heterocycles. The van der Waals surface area contributed by atoms with Crippen LogP contribution >= 0.6 is 0 Å². The molecule has 2 unspecified atom stereocenters. The first-order valence-electron chi connectivity index (χ1n) is 12.4. The van der Waals surface area contributed by atoms with Gasteiger partial charge >= 0.3 is 12.0 Å². The van der Waals surface area contributed by atoms with Crippen LogP contribution in [0.5, 0.6) is 5.75 Å². The number of ether oxygens (including phenoxy) is 2. The lowest BCUT2D eigenvalue weighted by Crippen LogP contribution is -2.50. The van der Waals surface area contributed by atoms with E-state index in [0.717, 1.165) is 18.4 Å². The number of likely N-dealkylation sites (tertiary alicyclic amines) is 1. The summed E-state index contributed by atoms with van der Waals surface area (Å²) < 4.78 is 10.6. The average molecular weight is 487 g/mol. The molecule has 1 saturated heterocycles. The van der Waals surface area contributed by atoms with E-state index in [1.165, 1.54) is 0 Å². The van der Waals surface area contributed by atoms with E-state index in [1.807, 2.05) is 19.1 Å². The van der Waals surface area contributed by atoms with Gasteiger partial charge in [0.1, 0.15) is 5.75 Å². The number of esters is 1. The molecule has 9 heteroatoms. The molecular formula is C26H38N4O5. The van der Waals surface area contributed by atoms with Crippen LogP contribution in [0.25, 0.3) is 0 Å². The number of benzene rings is 1. The Morgan fingerprint density at radius 2 is 1.80 bits per heavy atom. The zero-order valence-corrected chi connectivity index (χ0v) is 21.3. The van der Waals surface area contributed by atoms with Crippen molar-refractivity contribution in [1.29, 1.82) is 0 Å². The molecule has 2 aliphatic rings. The van der Waals surface area contributed by atoms with E-state index in [2.05, 4.69) is 34.7 Å². The Balaban J connectivity index is 1.76. The van der Waals surface area contributed by atoms with Gasteiger partial charge in [-0.25, -0.2) is 9.59 Å². The van der Waals surface area contributed by atoms with E-state index in [9.17, 15) is 14.4 Å². The second-order valence-electron chi connectivity index (χ2n) is 9.51. The van der Waals surface area contributed by atoms with Gasteiger partial charge in [-0.3, -0.25) is 9.69 Å². The fourth-order valence-electron chi connectivity index (χ4n) is 4.32. The molecule has 1 aromatic rings. The highest BCUT2D eigenvalue weighted by Gasteiger charge is 2.35. The second-order valence-corrected chi connectivity index (χ2v) is 9.51. The maximum atomic E-state index is 13.0. The molecule has 9 nitrogen and oxygen atoms in total. The van der Waals surface area contributed by atoms with Crippen LogP contribution < -0.4 is 20.7 Å². The molecule has 3 N–H and O–H groups in total. The molecule has 192 valence electrons. The van der Waals surface area contributed by atoms with E-state index in [0.29, 0.717) is 42.6 Å². The molecule has 0 bridgehead atoms. The van der Waals surface area contributed by atoms with Crippen molar-refractivity contribution in [2.75, 3.05) is 33.4 Å². The Morgan fingerprint density at radius 1 is 1.14 bits per heavy atom. The predicted molar refractivity (Wildman–Crippen MR) is 133 cm³/mol. The third-order valence-corrected chi connectivity index (χ3v) is 6.81. The summed E-state index contributed by atoms with van der Waals surface area (Å²) in [5.74, 6) is 0.681. The first-order valence-corrected chi connectivity index (χ1v) is 12.4. The first kappa shape index (κ1) is 26.5. The molecule has 3 amide bonds. The number of methoxy groups -OCH3 is 1. The summed E-state index contributed by atoms with van der Waals surface area (Å²) in [7, 11) is 1.58. The summed E-state index contributed by atoms with van der Waals surface area (Å²) in [6.07, 6.45) is 1.46. The summed E-state index contributed by atoms with van der Waals surface area (Å²) in [6, 6.07) is 6.37. The Bertz CT molecular complexity index is 936. The largest absolute Gasteiger partial charge is 0.497 e. The lowest BCUT2D eigenvalue weighted by molar-refractivity contribution is -0.139. The zero-order valence-electron chi connectivity index (χ0n) is 21.3. The van der Waals surface area contributed by atoms with E-state index in [1.54, 1.807) is 26.2 Å². The van der Waals surface area contributed by atoms with E-state index >= 15 is 0 Å². The molecule has 2 aliphatic heterocycles. The Hall–Kier alpha value is -3.07. The number of nitrogens with one attached hydrogen (secondary N) is 3. The standard InChI is InChI=1S/C26H38N4O5/c1-6-35-25(32)22-21(28-26(33)29-23(22)18-7-9-20(34-5)10-8-18)15-30-13-11-19(12-14-30)24(31)27-17(4)16(2)3/h7-10,16-17,19,23H,6,11-15H2,1-5H3,(H,27,31)(H2,28,29,33). The van der Waals surface area contributed by atoms with Gasteiger partial charge in [0, 0.05) is 24.2 Å². The van der Waals surface area contributed by atoms with Gasteiger partial charge in [-0.05, 0) is 63.4 Å². The third kappa shape index (κ3) is 6.75. The van der Waals surface area contributed by atoms with E-state index < -0.39 is 12.0 Å². The van der Waals surface area contributed by atoms with Crippen LogP contribution in [0.15, 0.2) is 35.5 Å². The van der Waals surface area contributed by atoms with Crippen molar-refractivity contribution in [3.63, 3.8) is 0 Å². The predicted octanol–water partition coefficient (Wildman–Crippen LogP) is 2.74. The summed E-state index contributed by atoms with van der Waals surface area (Å²) in [5, 5.41) is 8.80. The molecule has 1 aromatic carbocycles. The monoisotopic (exact) mass is 486 g/mol. The van der Waals surface area contributed by atoms with Crippen molar-refractivity contribution in [2.45, 2.75) is 52.6 Å². The number of carbonyl (C=O) groups is 3. The lowest BCUT2D eigenvalue weighted by atomic mass is 9.93. The van der Waals surface area contributed by atoms with Gasteiger partial charge in [-0.2, -0.15) is 0 Å². The molecule has 0 radical (unpaired) electrons. The van der Waals surface area contributed by atoms with Crippen molar-refractivity contribution in [2.24, 2.45) is 11.8 Å². The van der Waals surface area contributed by atoms with Gasteiger partial charge in [-0.1, -0.05) is 26.0 Å². The van der Waals surface area contributed by atoms with Gasteiger partial charge < -0.3 is 25.4 Å².